The second kappa shape index (κ2) is 9.76. The number of hydrogen-bond donors (Lipinski definition) is 6. The number of aromatic nitrogens is 4. The third-order valence-electron chi connectivity index (χ3n) is 3.88. The van der Waals surface area contributed by atoms with Crippen LogP contribution in [0.3, 0.4) is 0 Å². The molecule has 3 aromatic rings. The third kappa shape index (κ3) is 6.16. The zero-order chi connectivity index (χ0) is 19.6. The molecule has 0 unspecified atom stereocenters. The van der Waals surface area contributed by atoms with Crippen LogP contribution >= 0.6 is 0 Å². The highest BCUT2D eigenvalue weighted by molar-refractivity contribution is 5.78. The van der Waals surface area contributed by atoms with E-state index in [4.69, 9.17) is 11.5 Å². The van der Waals surface area contributed by atoms with Crippen LogP contribution in [0.2, 0.25) is 0 Å². The van der Waals surface area contributed by atoms with Gasteiger partial charge in [-0.15, -0.1) is 0 Å². The largest absolute Gasteiger partial charge is 0.370 e. The summed E-state index contributed by atoms with van der Waals surface area (Å²) in [5.41, 5.74) is 15.8. The Labute approximate surface area is 162 Å². The van der Waals surface area contributed by atoms with Crippen LogP contribution < -0.4 is 22.1 Å². The molecule has 0 aliphatic heterocycles. The lowest BCUT2D eigenvalue weighted by Crippen LogP contribution is -2.31. The molecule has 2 heterocycles. The molecule has 0 aliphatic carbocycles. The zero-order valence-electron chi connectivity index (χ0n) is 15.4. The Morgan fingerprint density at radius 2 is 1.36 bits per heavy atom. The SMILES string of the molecule is NC(=NCc1cccc(CN=C(N)NCc2cnc[nH]2)c1)NCc1cnc[nH]1. The van der Waals surface area contributed by atoms with E-state index in [9.17, 15) is 0 Å². The van der Waals surface area contributed by atoms with Crippen molar-refractivity contribution in [2.24, 2.45) is 21.5 Å². The molecule has 2 aromatic heterocycles. The van der Waals surface area contributed by atoms with Gasteiger partial charge < -0.3 is 32.1 Å². The third-order valence-corrected chi connectivity index (χ3v) is 3.88. The first-order valence-electron chi connectivity index (χ1n) is 8.79. The molecule has 8 N–H and O–H groups in total. The summed E-state index contributed by atoms with van der Waals surface area (Å²) in [6, 6.07) is 8.01. The van der Waals surface area contributed by atoms with E-state index in [1.165, 1.54) is 0 Å². The van der Waals surface area contributed by atoms with Crippen LogP contribution in [0.15, 0.2) is 59.3 Å². The molecule has 0 saturated carbocycles. The number of aromatic amines is 2. The minimum Gasteiger partial charge on any atom is -0.370 e. The molecule has 0 fully saturated rings. The Balaban J connectivity index is 1.47. The van der Waals surface area contributed by atoms with E-state index >= 15 is 0 Å². The van der Waals surface area contributed by atoms with Gasteiger partial charge in [-0.3, -0.25) is 0 Å². The van der Waals surface area contributed by atoms with Crippen molar-refractivity contribution < 1.29 is 0 Å². The Morgan fingerprint density at radius 3 is 1.79 bits per heavy atom. The highest BCUT2D eigenvalue weighted by Crippen LogP contribution is 2.08. The first-order chi connectivity index (χ1) is 13.7. The smallest absolute Gasteiger partial charge is 0.189 e. The van der Waals surface area contributed by atoms with Crippen LogP contribution in [0.5, 0.6) is 0 Å². The van der Waals surface area contributed by atoms with Gasteiger partial charge in [0.1, 0.15) is 0 Å². The van der Waals surface area contributed by atoms with Crippen molar-refractivity contribution in [3.8, 4) is 0 Å². The van der Waals surface area contributed by atoms with Gasteiger partial charge in [-0.1, -0.05) is 24.3 Å². The second-order valence-corrected chi connectivity index (χ2v) is 6.08. The predicted octanol–water partition coefficient (Wildman–Crippen LogP) is 0.342. The van der Waals surface area contributed by atoms with Crippen LogP contribution in [0.4, 0.5) is 0 Å². The van der Waals surface area contributed by atoms with Gasteiger partial charge in [0.15, 0.2) is 11.9 Å². The van der Waals surface area contributed by atoms with Gasteiger partial charge in [0, 0.05) is 12.4 Å². The average Bonchev–Trinajstić information content (AvgIpc) is 3.42. The molecule has 10 heteroatoms. The van der Waals surface area contributed by atoms with E-state index in [-0.39, 0.29) is 0 Å². The molecule has 0 aliphatic rings. The minimum atomic E-state index is 0.380. The van der Waals surface area contributed by atoms with Crippen molar-refractivity contribution in [2.45, 2.75) is 26.2 Å². The van der Waals surface area contributed by atoms with Crippen LogP contribution in [0.1, 0.15) is 22.5 Å². The van der Waals surface area contributed by atoms with Crippen LogP contribution in [-0.2, 0) is 26.2 Å². The summed E-state index contributed by atoms with van der Waals surface area (Å²) >= 11 is 0. The molecular weight excluding hydrogens is 356 g/mol. The van der Waals surface area contributed by atoms with E-state index in [1.54, 1.807) is 25.0 Å². The van der Waals surface area contributed by atoms with E-state index < -0.39 is 0 Å². The van der Waals surface area contributed by atoms with Gasteiger partial charge in [-0.05, 0) is 11.1 Å². The number of H-pyrrole nitrogens is 2. The number of nitrogens with one attached hydrogen (secondary N) is 4. The molecule has 1 aromatic carbocycles. The lowest BCUT2D eigenvalue weighted by molar-refractivity contribution is 0.857. The normalized spacial score (nSPS) is 12.1. The number of aliphatic imine (C=N–C) groups is 2. The maximum atomic E-state index is 5.90. The van der Waals surface area contributed by atoms with E-state index in [2.05, 4.69) is 40.6 Å². The molecule has 28 heavy (non-hydrogen) atoms. The number of rotatable bonds is 8. The molecular formula is C18H24N10. The number of benzene rings is 1. The summed E-state index contributed by atoms with van der Waals surface area (Å²) in [6.07, 6.45) is 6.72. The number of imidazole rings is 2. The fraction of sp³-hybridized carbons (Fsp3) is 0.222. The average molecular weight is 380 g/mol. The van der Waals surface area contributed by atoms with Crippen LogP contribution in [0.25, 0.3) is 0 Å². The summed E-state index contributed by atoms with van der Waals surface area (Å²) in [7, 11) is 0. The number of nitrogens with zero attached hydrogens (tertiary/aromatic N) is 4. The standard InChI is InChI=1S/C18H24N10/c19-17(25-9-15-7-21-11-27-15)23-5-13-2-1-3-14(4-13)6-24-18(20)26-10-16-8-22-12-28-16/h1-4,7-8,11-12H,5-6,9-10H2,(H,21,27)(H,22,28)(H3,19,23,25)(H3,20,24,26). The van der Waals surface area contributed by atoms with Gasteiger partial charge in [0.25, 0.3) is 0 Å². The summed E-state index contributed by atoms with van der Waals surface area (Å²) in [6.45, 7) is 2.06. The van der Waals surface area contributed by atoms with Crippen molar-refractivity contribution >= 4 is 11.9 Å². The highest BCUT2D eigenvalue weighted by Gasteiger charge is 1.99. The molecule has 0 amide bonds. The lowest BCUT2D eigenvalue weighted by Gasteiger charge is -2.06. The minimum absolute atomic E-state index is 0.380. The Bertz CT molecular complexity index is 825. The predicted molar refractivity (Wildman–Crippen MR) is 108 cm³/mol. The monoisotopic (exact) mass is 380 g/mol. The van der Waals surface area contributed by atoms with Crippen molar-refractivity contribution in [1.82, 2.24) is 30.6 Å². The van der Waals surface area contributed by atoms with Gasteiger partial charge in [0.05, 0.1) is 50.2 Å². The van der Waals surface area contributed by atoms with Crippen LogP contribution in [0, 0.1) is 0 Å². The quantitative estimate of drug-likeness (QED) is 0.244. The first-order valence-corrected chi connectivity index (χ1v) is 8.79. The zero-order valence-corrected chi connectivity index (χ0v) is 15.4. The maximum absolute atomic E-state index is 5.90. The lowest BCUT2D eigenvalue weighted by atomic mass is 10.1. The summed E-state index contributed by atoms with van der Waals surface area (Å²) in [5, 5.41) is 6.08. The van der Waals surface area contributed by atoms with Crippen molar-refractivity contribution in [3.63, 3.8) is 0 Å². The summed E-state index contributed by atoms with van der Waals surface area (Å²) in [5.74, 6) is 0.760. The van der Waals surface area contributed by atoms with Crippen molar-refractivity contribution in [2.75, 3.05) is 0 Å². The first kappa shape index (κ1) is 19.0. The number of nitrogens with two attached hydrogens (primary N) is 2. The molecule has 0 atom stereocenters. The fourth-order valence-electron chi connectivity index (χ4n) is 2.43. The fourth-order valence-corrected chi connectivity index (χ4v) is 2.43. The Morgan fingerprint density at radius 1 is 0.857 bits per heavy atom. The summed E-state index contributed by atoms with van der Waals surface area (Å²) in [4.78, 5) is 22.6. The Kier molecular flexibility index (Phi) is 6.61. The molecule has 3 rings (SSSR count). The van der Waals surface area contributed by atoms with Gasteiger partial charge in [0.2, 0.25) is 0 Å². The molecule has 146 valence electrons. The summed E-state index contributed by atoms with van der Waals surface area (Å²) < 4.78 is 0. The van der Waals surface area contributed by atoms with E-state index in [0.717, 1.165) is 22.5 Å². The van der Waals surface area contributed by atoms with Crippen molar-refractivity contribution in [3.05, 3.63) is 71.8 Å². The number of guanidine groups is 2. The van der Waals surface area contributed by atoms with Crippen LogP contribution in [-0.4, -0.2) is 31.9 Å². The number of hydrogen-bond acceptors (Lipinski definition) is 4. The molecule has 0 bridgehead atoms. The van der Waals surface area contributed by atoms with Crippen molar-refractivity contribution in [1.29, 1.82) is 0 Å². The van der Waals surface area contributed by atoms with Gasteiger partial charge in [-0.2, -0.15) is 0 Å². The van der Waals surface area contributed by atoms with E-state index in [1.807, 2.05) is 24.3 Å². The molecule has 0 radical (unpaired) electrons. The topological polar surface area (TPSA) is 158 Å². The van der Waals surface area contributed by atoms with Gasteiger partial charge >= 0.3 is 0 Å². The Hall–Kier alpha value is -3.82. The van der Waals surface area contributed by atoms with Gasteiger partial charge in [-0.25, -0.2) is 20.0 Å². The molecule has 0 spiro atoms. The molecule has 10 nitrogen and oxygen atoms in total. The maximum Gasteiger partial charge on any atom is 0.189 e. The highest BCUT2D eigenvalue weighted by atomic mass is 15.1. The van der Waals surface area contributed by atoms with E-state index in [0.29, 0.717) is 38.1 Å². The molecule has 0 saturated heterocycles. The second-order valence-electron chi connectivity index (χ2n) is 6.08.